The Morgan fingerprint density at radius 3 is 2.69 bits per heavy atom. The van der Waals surface area contributed by atoms with Crippen LogP contribution >= 0.6 is 23.1 Å². The van der Waals surface area contributed by atoms with Crippen molar-refractivity contribution in [3.63, 3.8) is 0 Å². The fourth-order valence-corrected chi connectivity index (χ4v) is 4.83. The van der Waals surface area contributed by atoms with Gasteiger partial charge in [0.05, 0.1) is 6.61 Å². The van der Waals surface area contributed by atoms with Crippen molar-refractivity contribution < 1.29 is 38.2 Å². The number of rotatable bonds is 11. The molecule has 0 aliphatic carbocycles. The van der Waals surface area contributed by atoms with Crippen molar-refractivity contribution in [2.75, 3.05) is 37.9 Å². The van der Waals surface area contributed by atoms with E-state index in [9.17, 15) is 19.2 Å². The summed E-state index contributed by atoms with van der Waals surface area (Å²) in [6, 6.07) is -0.891. The molecule has 1 saturated heterocycles. The van der Waals surface area contributed by atoms with Crippen LogP contribution in [0.15, 0.2) is 22.3 Å². The third-order valence-electron chi connectivity index (χ3n) is 4.68. The number of nitrogens with two attached hydrogens (primary N) is 1. The van der Waals surface area contributed by atoms with Gasteiger partial charge >= 0.3 is 12.1 Å². The second-order valence-corrected chi connectivity index (χ2v) is 9.88. The third kappa shape index (κ3) is 6.66. The molecule has 2 aliphatic heterocycles. The maximum Gasteiger partial charge on any atom is 0.508 e. The second kappa shape index (κ2) is 12.6. The quantitative estimate of drug-likeness (QED) is 0.135. The molecule has 0 saturated carbocycles. The Labute approximate surface area is 215 Å². The van der Waals surface area contributed by atoms with E-state index in [1.54, 1.807) is 18.4 Å². The van der Waals surface area contributed by atoms with E-state index in [0.29, 0.717) is 5.75 Å². The molecule has 3 N–H and O–H groups in total. The van der Waals surface area contributed by atoms with Gasteiger partial charge in [-0.05, 0) is 18.9 Å². The van der Waals surface area contributed by atoms with Crippen LogP contribution in [-0.2, 0) is 33.4 Å². The van der Waals surface area contributed by atoms with Crippen LogP contribution < -0.4 is 11.1 Å². The number of β-lactam (4-membered cyclic amide) rings is 1. The number of nitrogens with one attached hydrogen (secondary N) is 1. The molecule has 0 aromatic carbocycles. The summed E-state index contributed by atoms with van der Waals surface area (Å²) in [5.74, 6) is -1.27. The highest BCUT2D eigenvalue weighted by molar-refractivity contribution is 8.00. The molecule has 1 fully saturated rings. The van der Waals surface area contributed by atoms with E-state index in [4.69, 9.17) is 20.0 Å². The molecule has 1 aromatic heterocycles. The average Bonchev–Trinajstić information content (AvgIpc) is 3.27. The number of nitrogen functional groups attached to an aromatic ring is 1. The smallest absolute Gasteiger partial charge is 0.457 e. The molecule has 3 rings (SSSR count). The first-order valence-electron chi connectivity index (χ1n) is 11.1. The summed E-state index contributed by atoms with van der Waals surface area (Å²) in [5, 5.41) is 7.90. The van der Waals surface area contributed by atoms with E-state index >= 15 is 0 Å². The number of esters is 1. The van der Waals surface area contributed by atoms with Gasteiger partial charge in [-0.25, -0.2) is 14.6 Å². The minimum absolute atomic E-state index is 0.0619. The standard InChI is InChI=1S/C21H27N5O8S2/c1-4-31-21(30)33-7-6-32-19(29)13-5-8-35-18-15(17(28)26(13)18)24-16(27)14(25-34-9-11(2)3)12-10-36-20(22)23-12/h5,10-11,15,18H,4,6-9H2,1-3H3,(H2,22,23)(H,24,27)/t15?,18-/m0/s1. The van der Waals surface area contributed by atoms with Gasteiger partial charge in [0.25, 0.3) is 11.8 Å². The SMILES string of the molecule is CCOC(=O)OCCOC(=O)C1=CCS[C@H]2C(NC(=O)C(=NOCC(C)C)c3csc(N)n3)C(=O)N12. The number of amides is 2. The summed E-state index contributed by atoms with van der Waals surface area (Å²) >= 11 is 2.51. The summed E-state index contributed by atoms with van der Waals surface area (Å²) in [6.07, 6.45) is 0.701. The predicted octanol–water partition coefficient (Wildman–Crippen LogP) is 1.10. The van der Waals surface area contributed by atoms with Crippen LogP contribution in [0.25, 0.3) is 0 Å². The average molecular weight is 542 g/mol. The number of nitrogens with zero attached hydrogens (tertiary/aromatic N) is 3. The third-order valence-corrected chi connectivity index (χ3v) is 6.54. The van der Waals surface area contributed by atoms with Crippen molar-refractivity contribution in [3.8, 4) is 0 Å². The van der Waals surface area contributed by atoms with Gasteiger partial charge in [-0.2, -0.15) is 0 Å². The fraction of sp³-hybridized carbons (Fsp3) is 0.524. The van der Waals surface area contributed by atoms with Crippen molar-refractivity contribution in [3.05, 3.63) is 22.8 Å². The minimum Gasteiger partial charge on any atom is -0.457 e. The summed E-state index contributed by atoms with van der Waals surface area (Å²) in [5.41, 5.74) is 5.88. The fourth-order valence-electron chi connectivity index (χ4n) is 3.08. The zero-order valence-corrected chi connectivity index (χ0v) is 21.6. The largest absolute Gasteiger partial charge is 0.508 e. The number of thioether (sulfide) groups is 1. The van der Waals surface area contributed by atoms with Crippen molar-refractivity contribution in [2.45, 2.75) is 32.2 Å². The molecule has 2 atom stereocenters. The molecule has 1 unspecified atom stereocenters. The van der Waals surface area contributed by atoms with E-state index in [-0.39, 0.29) is 54.6 Å². The number of carbonyl (C=O) groups excluding carboxylic acids is 4. The Balaban J connectivity index is 1.60. The van der Waals surface area contributed by atoms with Crippen LogP contribution in [0.1, 0.15) is 26.5 Å². The van der Waals surface area contributed by atoms with Gasteiger partial charge in [0.1, 0.15) is 42.6 Å². The highest BCUT2D eigenvalue weighted by atomic mass is 32.2. The zero-order valence-electron chi connectivity index (χ0n) is 19.9. The normalized spacial score (nSPS) is 19.1. The first-order chi connectivity index (χ1) is 17.2. The minimum atomic E-state index is -0.891. The van der Waals surface area contributed by atoms with Gasteiger partial charge in [0.15, 0.2) is 10.8 Å². The maximum atomic E-state index is 13.0. The van der Waals surface area contributed by atoms with Crippen LogP contribution in [0.4, 0.5) is 9.93 Å². The van der Waals surface area contributed by atoms with Crippen LogP contribution in [-0.4, -0.2) is 83.1 Å². The van der Waals surface area contributed by atoms with Gasteiger partial charge in [0, 0.05) is 11.1 Å². The van der Waals surface area contributed by atoms with Crippen LogP contribution in [0.5, 0.6) is 0 Å². The van der Waals surface area contributed by atoms with E-state index in [1.165, 1.54) is 16.7 Å². The number of aromatic nitrogens is 1. The summed E-state index contributed by atoms with van der Waals surface area (Å²) < 4.78 is 14.5. The van der Waals surface area contributed by atoms with Gasteiger partial charge in [-0.1, -0.05) is 19.0 Å². The lowest BCUT2D eigenvalue weighted by molar-refractivity contribution is -0.152. The number of ether oxygens (including phenoxy) is 3. The molecule has 0 spiro atoms. The highest BCUT2D eigenvalue weighted by Gasteiger charge is 2.53. The molecule has 2 aliphatic rings. The zero-order chi connectivity index (χ0) is 26.2. The number of fused-ring (bicyclic) bond motifs is 1. The molecule has 1 aromatic rings. The molecule has 196 valence electrons. The number of carbonyl (C=O) groups is 4. The van der Waals surface area contributed by atoms with Crippen molar-refractivity contribution in [2.24, 2.45) is 11.1 Å². The molecular formula is C21H27N5O8S2. The molecule has 3 heterocycles. The molecule has 15 heteroatoms. The van der Waals surface area contributed by atoms with Crippen molar-refractivity contribution in [1.82, 2.24) is 15.2 Å². The summed E-state index contributed by atoms with van der Waals surface area (Å²) in [4.78, 5) is 60.2. The molecule has 36 heavy (non-hydrogen) atoms. The summed E-state index contributed by atoms with van der Waals surface area (Å²) in [7, 11) is 0. The second-order valence-electron chi connectivity index (χ2n) is 7.84. The predicted molar refractivity (Wildman–Crippen MR) is 131 cm³/mol. The Kier molecular flexibility index (Phi) is 9.52. The Hall–Kier alpha value is -3.33. The first-order valence-corrected chi connectivity index (χ1v) is 13.0. The van der Waals surface area contributed by atoms with Crippen molar-refractivity contribution >= 4 is 57.9 Å². The topological polar surface area (TPSA) is 172 Å². The lowest BCUT2D eigenvalue weighted by Crippen LogP contribution is -2.70. The molecule has 0 radical (unpaired) electrons. The monoisotopic (exact) mass is 541 g/mol. The van der Waals surface area contributed by atoms with Crippen LogP contribution in [0, 0.1) is 5.92 Å². The number of hydrogen-bond donors (Lipinski definition) is 2. The van der Waals surface area contributed by atoms with Gasteiger partial charge in [-0.15, -0.1) is 23.1 Å². The molecular weight excluding hydrogens is 514 g/mol. The summed E-state index contributed by atoms with van der Waals surface area (Å²) in [6.45, 7) is 5.55. The van der Waals surface area contributed by atoms with Crippen LogP contribution in [0.3, 0.4) is 0 Å². The van der Waals surface area contributed by atoms with E-state index in [2.05, 4.69) is 20.2 Å². The number of oxime groups is 1. The number of hydrogen-bond acceptors (Lipinski definition) is 13. The number of thiazole rings is 1. The molecule has 2 amide bonds. The lowest BCUT2D eigenvalue weighted by atomic mass is 10.0. The lowest BCUT2D eigenvalue weighted by Gasteiger charge is -2.48. The van der Waals surface area contributed by atoms with Gasteiger partial charge in [-0.3, -0.25) is 14.5 Å². The van der Waals surface area contributed by atoms with E-state index < -0.39 is 35.4 Å². The molecule has 0 bridgehead atoms. The van der Waals surface area contributed by atoms with Gasteiger partial charge in [0.2, 0.25) is 0 Å². The van der Waals surface area contributed by atoms with E-state index in [0.717, 1.165) is 11.3 Å². The van der Waals surface area contributed by atoms with E-state index in [1.807, 2.05) is 13.8 Å². The number of anilines is 1. The van der Waals surface area contributed by atoms with Crippen LogP contribution in [0.2, 0.25) is 0 Å². The Morgan fingerprint density at radius 1 is 1.28 bits per heavy atom. The highest BCUT2D eigenvalue weighted by Crippen LogP contribution is 2.37. The Morgan fingerprint density at radius 2 is 2.03 bits per heavy atom. The maximum absolute atomic E-state index is 13.0. The van der Waals surface area contributed by atoms with Crippen molar-refractivity contribution in [1.29, 1.82) is 0 Å². The Bertz CT molecular complexity index is 1060. The van der Waals surface area contributed by atoms with Gasteiger partial charge < -0.3 is 30.1 Å². The molecule has 13 nitrogen and oxygen atoms in total. The first kappa shape index (κ1) is 27.3.